The number of carbonyl (C=O) groups is 1. The Labute approximate surface area is 68.3 Å². The van der Waals surface area contributed by atoms with Gasteiger partial charge in [-0.1, -0.05) is 0 Å². The molecule has 0 unspecified atom stereocenters. The third kappa shape index (κ3) is 6.67. The van der Waals surface area contributed by atoms with Crippen molar-refractivity contribution in [3.63, 3.8) is 0 Å². The van der Waals surface area contributed by atoms with Crippen molar-refractivity contribution in [3.05, 3.63) is 9.84 Å². The van der Waals surface area contributed by atoms with Gasteiger partial charge in [-0.15, -0.1) is 0 Å². The monoisotopic (exact) mass is 324 g/mol. The highest BCUT2D eigenvalue weighted by Crippen LogP contribution is 2.00. The van der Waals surface area contributed by atoms with E-state index in [1.165, 1.54) is 0 Å². The minimum absolute atomic E-state index is 0.0250. The molecular weight excluding hydrogens is 322 g/mol. The maximum absolute atomic E-state index is 10.00. The zero-order chi connectivity index (χ0) is 5.86. The zero-order valence-corrected chi connectivity index (χ0v) is 7.50. The van der Waals surface area contributed by atoms with Crippen molar-refractivity contribution < 1.29 is 9.90 Å². The summed E-state index contributed by atoms with van der Waals surface area (Å²) >= 11 is 3.23. The fraction of sp³-hybridized carbons (Fsp3) is 0. The standard InChI is InChI=1S/C3H2I2O2/c4-2(6)1-3(5)7/h1,6H/b2-1+. The Morgan fingerprint density at radius 1 is 1.57 bits per heavy atom. The van der Waals surface area contributed by atoms with Crippen LogP contribution in [0.4, 0.5) is 0 Å². The molecule has 0 bridgehead atoms. The minimum atomic E-state index is -0.162. The molecule has 0 aliphatic heterocycles. The van der Waals surface area contributed by atoms with Gasteiger partial charge in [0.25, 0.3) is 0 Å². The van der Waals surface area contributed by atoms with E-state index in [2.05, 4.69) is 0 Å². The third-order valence-electron chi connectivity index (χ3n) is 0.233. The van der Waals surface area contributed by atoms with E-state index < -0.39 is 0 Å². The zero-order valence-electron chi connectivity index (χ0n) is 3.19. The van der Waals surface area contributed by atoms with Crippen LogP contribution in [0.25, 0.3) is 0 Å². The van der Waals surface area contributed by atoms with Crippen molar-refractivity contribution in [3.8, 4) is 0 Å². The molecule has 1 N–H and O–H groups in total. The first kappa shape index (κ1) is 7.67. The van der Waals surface area contributed by atoms with Gasteiger partial charge >= 0.3 is 0 Å². The fourth-order valence-electron chi connectivity index (χ4n) is 0.0936. The van der Waals surface area contributed by atoms with Crippen LogP contribution in [0.15, 0.2) is 9.84 Å². The topological polar surface area (TPSA) is 37.3 Å². The van der Waals surface area contributed by atoms with Crippen LogP contribution in [-0.4, -0.2) is 8.90 Å². The van der Waals surface area contributed by atoms with Gasteiger partial charge in [0.05, 0.1) is 0 Å². The molecular formula is C3H2I2O2. The Morgan fingerprint density at radius 3 is 2.00 bits per heavy atom. The summed E-state index contributed by atoms with van der Waals surface area (Å²) in [6.45, 7) is 0. The summed E-state index contributed by atoms with van der Waals surface area (Å²) in [6.07, 6.45) is 1.14. The van der Waals surface area contributed by atoms with Gasteiger partial charge in [-0.3, -0.25) is 4.79 Å². The van der Waals surface area contributed by atoms with Crippen molar-refractivity contribution in [2.45, 2.75) is 0 Å². The summed E-state index contributed by atoms with van der Waals surface area (Å²) in [4.78, 5) is 10.00. The molecule has 40 valence electrons. The van der Waals surface area contributed by atoms with E-state index in [1.54, 1.807) is 45.2 Å². The normalized spacial score (nSPS) is 11.4. The number of rotatable bonds is 1. The summed E-state index contributed by atoms with van der Waals surface area (Å²) in [5.74, 6) is 0. The van der Waals surface area contributed by atoms with Gasteiger partial charge < -0.3 is 5.11 Å². The molecule has 0 aliphatic carbocycles. The smallest absolute Gasteiger partial charge is 0.219 e. The van der Waals surface area contributed by atoms with Crippen LogP contribution in [0.1, 0.15) is 0 Å². The average molecular weight is 324 g/mol. The summed E-state index contributed by atoms with van der Waals surface area (Å²) in [5, 5.41) is 8.34. The maximum Gasteiger partial charge on any atom is 0.219 e. The lowest BCUT2D eigenvalue weighted by atomic mass is 10.7. The highest BCUT2D eigenvalue weighted by molar-refractivity contribution is 14.1. The number of allylic oxidation sites excluding steroid dienone is 1. The Balaban J connectivity index is 3.68. The van der Waals surface area contributed by atoms with E-state index >= 15 is 0 Å². The molecule has 0 fully saturated rings. The molecule has 4 heteroatoms. The van der Waals surface area contributed by atoms with Gasteiger partial charge in [0.2, 0.25) is 3.79 Å². The van der Waals surface area contributed by atoms with Crippen LogP contribution >= 0.6 is 45.2 Å². The Hall–Kier alpha value is 0.670. The lowest BCUT2D eigenvalue weighted by Crippen LogP contribution is -1.74. The highest BCUT2D eigenvalue weighted by atomic mass is 127. The average Bonchev–Trinajstić information content (AvgIpc) is 1.27. The molecule has 0 rings (SSSR count). The summed E-state index contributed by atoms with van der Waals surface area (Å²) in [6, 6.07) is 0. The summed E-state index contributed by atoms with van der Waals surface area (Å²) < 4.78 is -0.137. The number of aliphatic hydroxyl groups is 1. The molecule has 7 heavy (non-hydrogen) atoms. The second-order valence-corrected chi connectivity index (χ2v) is 2.94. The van der Waals surface area contributed by atoms with Gasteiger partial charge in [0, 0.05) is 28.7 Å². The van der Waals surface area contributed by atoms with Gasteiger partial charge in [0.15, 0.2) is 3.77 Å². The Kier molecular flexibility index (Phi) is 3.99. The first-order chi connectivity index (χ1) is 3.13. The summed E-state index contributed by atoms with van der Waals surface area (Å²) in [5.41, 5.74) is 0. The van der Waals surface area contributed by atoms with Crippen molar-refractivity contribution in [1.29, 1.82) is 0 Å². The fourth-order valence-corrected chi connectivity index (χ4v) is 1.27. The lowest BCUT2D eigenvalue weighted by Gasteiger charge is -1.76. The second-order valence-electron chi connectivity index (χ2n) is 0.771. The van der Waals surface area contributed by atoms with E-state index in [9.17, 15) is 4.79 Å². The van der Waals surface area contributed by atoms with Crippen molar-refractivity contribution in [2.24, 2.45) is 0 Å². The summed E-state index contributed by atoms with van der Waals surface area (Å²) in [7, 11) is 0. The van der Waals surface area contributed by atoms with Crippen molar-refractivity contribution >= 4 is 49.0 Å². The first-order valence-electron chi connectivity index (χ1n) is 1.38. The SMILES string of the molecule is O=C(I)/C=C(/O)I. The molecule has 0 aromatic carbocycles. The van der Waals surface area contributed by atoms with Crippen molar-refractivity contribution in [1.82, 2.24) is 0 Å². The predicted octanol–water partition coefficient (Wildman–Crippen LogP) is 1.78. The molecule has 0 aromatic heterocycles. The van der Waals surface area contributed by atoms with E-state index in [0.717, 1.165) is 6.08 Å². The van der Waals surface area contributed by atoms with E-state index in [-0.39, 0.29) is 7.56 Å². The van der Waals surface area contributed by atoms with Crippen molar-refractivity contribution in [2.75, 3.05) is 0 Å². The van der Waals surface area contributed by atoms with Crippen LogP contribution < -0.4 is 0 Å². The molecule has 0 amide bonds. The number of carbonyl (C=O) groups excluding carboxylic acids is 1. The number of halogens is 2. The lowest BCUT2D eigenvalue weighted by molar-refractivity contribution is -0.105. The molecule has 0 saturated heterocycles. The first-order valence-corrected chi connectivity index (χ1v) is 3.54. The van der Waals surface area contributed by atoms with E-state index in [0.29, 0.717) is 0 Å². The van der Waals surface area contributed by atoms with Gasteiger partial charge in [-0.25, -0.2) is 0 Å². The van der Waals surface area contributed by atoms with Gasteiger partial charge in [-0.05, 0) is 22.6 Å². The third-order valence-corrected chi connectivity index (χ3v) is 0.855. The largest absolute Gasteiger partial charge is 0.502 e. The predicted molar refractivity (Wildman–Crippen MR) is 43.8 cm³/mol. The van der Waals surface area contributed by atoms with Crippen LogP contribution in [0, 0.1) is 0 Å². The van der Waals surface area contributed by atoms with E-state index in [1.807, 2.05) is 0 Å². The molecule has 0 aromatic rings. The number of aliphatic hydroxyl groups excluding tert-OH is 1. The van der Waals surface area contributed by atoms with E-state index in [4.69, 9.17) is 5.11 Å². The van der Waals surface area contributed by atoms with Crippen LogP contribution in [0.2, 0.25) is 0 Å². The van der Waals surface area contributed by atoms with Crippen LogP contribution in [-0.2, 0) is 4.79 Å². The quantitative estimate of drug-likeness (QED) is 0.346. The van der Waals surface area contributed by atoms with Crippen LogP contribution in [0.5, 0.6) is 0 Å². The molecule has 0 radical (unpaired) electrons. The molecule has 0 heterocycles. The molecule has 0 aliphatic rings. The molecule has 2 nitrogen and oxygen atoms in total. The molecule has 0 spiro atoms. The second kappa shape index (κ2) is 3.65. The Morgan fingerprint density at radius 2 is 2.00 bits per heavy atom. The minimum Gasteiger partial charge on any atom is -0.502 e. The number of hydrogen-bond donors (Lipinski definition) is 1. The molecule has 0 saturated carbocycles. The number of hydrogen-bond acceptors (Lipinski definition) is 2. The highest BCUT2D eigenvalue weighted by Gasteiger charge is 1.86. The molecule has 0 atom stereocenters. The van der Waals surface area contributed by atoms with Gasteiger partial charge in [0.1, 0.15) is 0 Å². The Bertz CT molecular complexity index is 104. The maximum atomic E-state index is 10.00. The van der Waals surface area contributed by atoms with Gasteiger partial charge in [-0.2, -0.15) is 0 Å². The van der Waals surface area contributed by atoms with Crippen LogP contribution in [0.3, 0.4) is 0 Å².